The van der Waals surface area contributed by atoms with E-state index in [-0.39, 0.29) is 11.6 Å². The van der Waals surface area contributed by atoms with Gasteiger partial charge in [0, 0.05) is 24.2 Å². The van der Waals surface area contributed by atoms with Crippen LogP contribution in [-0.2, 0) is 0 Å². The molecule has 0 spiro atoms. The molecule has 0 fully saturated rings. The Bertz CT molecular complexity index is 523. The van der Waals surface area contributed by atoms with E-state index in [9.17, 15) is 4.79 Å². The van der Waals surface area contributed by atoms with Gasteiger partial charge in [0.05, 0.1) is 5.56 Å². The molecule has 0 bridgehead atoms. The maximum absolute atomic E-state index is 12.1. The molecule has 4 heteroatoms. The summed E-state index contributed by atoms with van der Waals surface area (Å²) < 4.78 is 0. The van der Waals surface area contributed by atoms with Gasteiger partial charge in [-0.1, -0.05) is 0 Å². The average molecular weight is 213 g/mol. The number of ketones is 1. The standard InChI is InChI=1S/C12H11N3O/c1-8-5-10(12(13)15-6-8)11(16)9-3-2-4-14-7-9/h2-7H,1H3,(H2,13,15). The number of pyridine rings is 2. The minimum absolute atomic E-state index is 0.151. The minimum atomic E-state index is -0.151. The van der Waals surface area contributed by atoms with Crippen LogP contribution in [0, 0.1) is 6.92 Å². The van der Waals surface area contributed by atoms with Gasteiger partial charge >= 0.3 is 0 Å². The maximum atomic E-state index is 12.1. The molecule has 4 nitrogen and oxygen atoms in total. The number of rotatable bonds is 2. The number of hydrogen-bond donors (Lipinski definition) is 1. The van der Waals surface area contributed by atoms with Crippen LogP contribution in [0.15, 0.2) is 36.8 Å². The van der Waals surface area contributed by atoms with Crippen molar-refractivity contribution in [2.24, 2.45) is 0 Å². The molecule has 0 aliphatic heterocycles. The first-order chi connectivity index (χ1) is 7.68. The third-order valence-electron chi connectivity index (χ3n) is 2.22. The molecule has 0 amide bonds. The van der Waals surface area contributed by atoms with Gasteiger partial charge in [0.2, 0.25) is 0 Å². The smallest absolute Gasteiger partial charge is 0.198 e. The van der Waals surface area contributed by atoms with Gasteiger partial charge in [-0.15, -0.1) is 0 Å². The zero-order chi connectivity index (χ0) is 11.5. The van der Waals surface area contributed by atoms with Gasteiger partial charge in [-0.3, -0.25) is 9.78 Å². The third kappa shape index (κ3) is 1.91. The van der Waals surface area contributed by atoms with Crippen molar-refractivity contribution in [3.8, 4) is 0 Å². The van der Waals surface area contributed by atoms with Crippen LogP contribution in [-0.4, -0.2) is 15.8 Å². The SMILES string of the molecule is Cc1cnc(N)c(C(=O)c2cccnc2)c1. The summed E-state index contributed by atoms with van der Waals surface area (Å²) in [5, 5.41) is 0. The first-order valence-electron chi connectivity index (χ1n) is 4.85. The van der Waals surface area contributed by atoms with Crippen LogP contribution in [0.2, 0.25) is 0 Å². The van der Waals surface area contributed by atoms with Crippen LogP contribution in [0.25, 0.3) is 0 Å². The zero-order valence-electron chi connectivity index (χ0n) is 8.84. The van der Waals surface area contributed by atoms with Crippen LogP contribution in [0.3, 0.4) is 0 Å². The summed E-state index contributed by atoms with van der Waals surface area (Å²) >= 11 is 0. The summed E-state index contributed by atoms with van der Waals surface area (Å²) in [4.78, 5) is 19.9. The third-order valence-corrected chi connectivity index (χ3v) is 2.22. The van der Waals surface area contributed by atoms with Gasteiger partial charge in [0.25, 0.3) is 0 Å². The quantitative estimate of drug-likeness (QED) is 0.769. The molecule has 2 rings (SSSR count). The predicted molar refractivity (Wildman–Crippen MR) is 61.1 cm³/mol. The fourth-order valence-electron chi connectivity index (χ4n) is 1.41. The van der Waals surface area contributed by atoms with E-state index in [0.29, 0.717) is 11.1 Å². The lowest BCUT2D eigenvalue weighted by molar-refractivity contribution is 0.103. The topological polar surface area (TPSA) is 68.9 Å². The van der Waals surface area contributed by atoms with E-state index in [4.69, 9.17) is 5.73 Å². The number of hydrogen-bond acceptors (Lipinski definition) is 4. The summed E-state index contributed by atoms with van der Waals surface area (Å²) in [7, 11) is 0. The van der Waals surface area contributed by atoms with Crippen molar-refractivity contribution in [3.05, 3.63) is 53.5 Å². The monoisotopic (exact) mass is 213 g/mol. The van der Waals surface area contributed by atoms with Crippen LogP contribution >= 0.6 is 0 Å². The number of nitrogens with zero attached hydrogens (tertiary/aromatic N) is 2. The van der Waals surface area contributed by atoms with Gasteiger partial charge in [0.1, 0.15) is 5.82 Å². The number of aryl methyl sites for hydroxylation is 1. The largest absolute Gasteiger partial charge is 0.383 e. The molecule has 0 radical (unpaired) electrons. The predicted octanol–water partition coefficient (Wildman–Crippen LogP) is 1.60. The first-order valence-corrected chi connectivity index (χ1v) is 4.85. The molecule has 0 unspecified atom stereocenters. The molecule has 80 valence electrons. The summed E-state index contributed by atoms with van der Waals surface area (Å²) in [6.45, 7) is 1.87. The number of anilines is 1. The van der Waals surface area contributed by atoms with Crippen molar-refractivity contribution in [1.82, 2.24) is 9.97 Å². The van der Waals surface area contributed by atoms with Crippen LogP contribution in [0.5, 0.6) is 0 Å². The molecule has 0 saturated carbocycles. The van der Waals surface area contributed by atoms with Crippen molar-refractivity contribution < 1.29 is 4.79 Å². The Hall–Kier alpha value is -2.23. The molecule has 2 N–H and O–H groups in total. The molecule has 16 heavy (non-hydrogen) atoms. The van der Waals surface area contributed by atoms with Crippen LogP contribution in [0.4, 0.5) is 5.82 Å². The van der Waals surface area contributed by atoms with Crippen molar-refractivity contribution in [2.75, 3.05) is 5.73 Å². The molecule has 0 atom stereocenters. The van der Waals surface area contributed by atoms with Gasteiger partial charge < -0.3 is 5.73 Å². The van der Waals surface area contributed by atoms with Crippen molar-refractivity contribution >= 4 is 11.6 Å². The maximum Gasteiger partial charge on any atom is 0.198 e. The molecular weight excluding hydrogens is 202 g/mol. The number of nitrogens with two attached hydrogens (primary N) is 1. The molecule has 2 aromatic heterocycles. The minimum Gasteiger partial charge on any atom is -0.383 e. The van der Waals surface area contributed by atoms with E-state index in [0.717, 1.165) is 5.56 Å². The highest BCUT2D eigenvalue weighted by molar-refractivity contribution is 6.11. The molecule has 2 heterocycles. The normalized spacial score (nSPS) is 10.1. The van der Waals surface area contributed by atoms with Crippen LogP contribution in [0.1, 0.15) is 21.5 Å². The van der Waals surface area contributed by atoms with Crippen molar-refractivity contribution in [3.63, 3.8) is 0 Å². The highest BCUT2D eigenvalue weighted by Gasteiger charge is 2.13. The highest BCUT2D eigenvalue weighted by atomic mass is 16.1. The summed E-state index contributed by atoms with van der Waals surface area (Å²) in [5.74, 6) is 0.0984. The first kappa shape index (κ1) is 10.3. The highest BCUT2D eigenvalue weighted by Crippen LogP contribution is 2.15. The Labute approximate surface area is 93.2 Å². The summed E-state index contributed by atoms with van der Waals surface area (Å²) in [5.41, 5.74) is 7.52. The fourth-order valence-corrected chi connectivity index (χ4v) is 1.41. The van der Waals surface area contributed by atoms with Gasteiger partial charge in [0.15, 0.2) is 5.78 Å². The number of nitrogen functional groups attached to an aromatic ring is 1. The number of carbonyl (C=O) groups excluding carboxylic acids is 1. The van der Waals surface area contributed by atoms with E-state index in [2.05, 4.69) is 9.97 Å². The van der Waals surface area contributed by atoms with E-state index >= 15 is 0 Å². The molecular formula is C12H11N3O. The number of carbonyl (C=O) groups is 1. The summed E-state index contributed by atoms with van der Waals surface area (Å²) in [6.07, 6.45) is 4.77. The zero-order valence-corrected chi connectivity index (χ0v) is 8.84. The lowest BCUT2D eigenvalue weighted by Crippen LogP contribution is -2.07. The molecule has 0 aromatic carbocycles. The lowest BCUT2D eigenvalue weighted by Gasteiger charge is -2.04. The van der Waals surface area contributed by atoms with E-state index in [1.165, 1.54) is 6.20 Å². The Balaban J connectivity index is 2.46. The molecule has 0 saturated heterocycles. The summed E-state index contributed by atoms with van der Waals surface area (Å²) in [6, 6.07) is 5.15. The van der Waals surface area contributed by atoms with E-state index in [1.807, 2.05) is 6.92 Å². The van der Waals surface area contributed by atoms with Gasteiger partial charge in [-0.05, 0) is 30.7 Å². The van der Waals surface area contributed by atoms with Gasteiger partial charge in [-0.25, -0.2) is 4.98 Å². The van der Waals surface area contributed by atoms with Gasteiger partial charge in [-0.2, -0.15) is 0 Å². The average Bonchev–Trinajstić information content (AvgIpc) is 2.32. The second-order valence-electron chi connectivity index (χ2n) is 3.52. The Kier molecular flexibility index (Phi) is 2.64. The molecule has 0 aliphatic carbocycles. The Morgan fingerprint density at radius 1 is 1.38 bits per heavy atom. The fraction of sp³-hybridized carbons (Fsp3) is 0.0833. The second-order valence-corrected chi connectivity index (χ2v) is 3.52. The van der Waals surface area contributed by atoms with Crippen LogP contribution < -0.4 is 5.73 Å². The number of aromatic nitrogens is 2. The Morgan fingerprint density at radius 3 is 2.88 bits per heavy atom. The van der Waals surface area contributed by atoms with Crippen molar-refractivity contribution in [1.29, 1.82) is 0 Å². The second kappa shape index (κ2) is 4.10. The molecule has 0 aliphatic rings. The van der Waals surface area contributed by atoms with Crippen molar-refractivity contribution in [2.45, 2.75) is 6.92 Å². The van der Waals surface area contributed by atoms with E-state index < -0.39 is 0 Å². The molecule has 2 aromatic rings. The lowest BCUT2D eigenvalue weighted by atomic mass is 10.0. The Morgan fingerprint density at radius 2 is 2.19 bits per heavy atom. The van der Waals surface area contributed by atoms with E-state index in [1.54, 1.807) is 30.6 Å².